The van der Waals surface area contributed by atoms with Crippen LogP contribution in [0.25, 0.3) is 0 Å². The second-order valence-electron chi connectivity index (χ2n) is 5.59. The van der Waals surface area contributed by atoms with Gasteiger partial charge in [-0.15, -0.1) is 33.3 Å². The lowest BCUT2D eigenvalue weighted by Crippen LogP contribution is -2.17. The van der Waals surface area contributed by atoms with E-state index in [1.807, 2.05) is 30.5 Å². The van der Waals surface area contributed by atoms with Crippen LogP contribution < -0.4 is 10.6 Å². The number of carbonyl (C=O) groups is 2. The number of aromatic nitrogens is 4. The van der Waals surface area contributed by atoms with E-state index in [2.05, 4.69) is 25.8 Å². The van der Waals surface area contributed by atoms with E-state index >= 15 is 0 Å². The number of hydrogen-bond donors (Lipinski definition) is 2. The Morgan fingerprint density at radius 3 is 2.82 bits per heavy atom. The molecule has 2 heterocycles. The van der Waals surface area contributed by atoms with Crippen molar-refractivity contribution in [1.29, 1.82) is 0 Å². The number of nitrogens with zero attached hydrogens (tertiary/aromatic N) is 4. The number of nitrogens with one attached hydrogen (secondary N) is 2. The predicted octanol–water partition coefficient (Wildman–Crippen LogP) is 2.91. The normalized spacial score (nSPS) is 10.6. The maximum absolute atomic E-state index is 12.3. The summed E-state index contributed by atoms with van der Waals surface area (Å²) >= 11 is 4.22. The van der Waals surface area contributed by atoms with Crippen LogP contribution in [0.3, 0.4) is 0 Å². The van der Waals surface area contributed by atoms with Crippen molar-refractivity contribution < 1.29 is 9.59 Å². The molecule has 2 aromatic heterocycles. The van der Waals surface area contributed by atoms with E-state index in [4.69, 9.17) is 0 Å². The Bertz CT molecular complexity index is 958. The molecule has 11 heteroatoms. The molecule has 0 saturated heterocycles. The van der Waals surface area contributed by atoms with Crippen LogP contribution in [0.15, 0.2) is 45.9 Å². The van der Waals surface area contributed by atoms with Gasteiger partial charge >= 0.3 is 0 Å². The minimum Gasteiger partial charge on any atom is -0.326 e. The molecule has 0 spiro atoms. The number of hydrogen-bond acceptors (Lipinski definition) is 8. The molecule has 0 bridgehead atoms. The van der Waals surface area contributed by atoms with Crippen LogP contribution >= 0.6 is 34.9 Å². The third kappa shape index (κ3) is 5.57. The maximum Gasteiger partial charge on any atom is 0.236 e. The molecule has 0 saturated carbocycles. The highest BCUT2D eigenvalue weighted by Gasteiger charge is 2.15. The molecule has 0 aliphatic rings. The summed E-state index contributed by atoms with van der Waals surface area (Å²) in [7, 11) is 1.78. The van der Waals surface area contributed by atoms with Crippen LogP contribution in [0.4, 0.5) is 10.8 Å². The van der Waals surface area contributed by atoms with Crippen LogP contribution in [0.5, 0.6) is 0 Å². The third-order valence-electron chi connectivity index (χ3n) is 3.61. The van der Waals surface area contributed by atoms with Gasteiger partial charge in [0.25, 0.3) is 0 Å². The van der Waals surface area contributed by atoms with Gasteiger partial charge in [0.2, 0.25) is 11.8 Å². The first-order valence-corrected chi connectivity index (χ1v) is 11.3. The van der Waals surface area contributed by atoms with Gasteiger partial charge in [-0.1, -0.05) is 17.8 Å². The lowest BCUT2D eigenvalue weighted by atomic mass is 10.3. The number of anilines is 2. The first-order chi connectivity index (χ1) is 13.5. The second-order valence-corrected chi connectivity index (χ2v) is 8.31. The van der Waals surface area contributed by atoms with Crippen molar-refractivity contribution in [2.75, 3.05) is 22.6 Å². The molecule has 0 aliphatic carbocycles. The molecule has 1 aromatic carbocycles. The Morgan fingerprint density at radius 1 is 1.21 bits per heavy atom. The van der Waals surface area contributed by atoms with Crippen molar-refractivity contribution >= 4 is 57.5 Å². The molecule has 2 N–H and O–H groups in total. The van der Waals surface area contributed by atoms with Gasteiger partial charge in [-0.25, -0.2) is 4.98 Å². The Kier molecular flexibility index (Phi) is 7.06. The van der Waals surface area contributed by atoms with E-state index in [0.717, 1.165) is 10.6 Å². The van der Waals surface area contributed by atoms with Crippen molar-refractivity contribution in [2.45, 2.75) is 16.5 Å². The van der Waals surface area contributed by atoms with Gasteiger partial charge in [-0.05, 0) is 24.5 Å². The molecule has 0 fully saturated rings. The summed E-state index contributed by atoms with van der Waals surface area (Å²) in [4.78, 5) is 29.3. The van der Waals surface area contributed by atoms with Crippen molar-refractivity contribution in [3.8, 4) is 0 Å². The molecule has 3 rings (SSSR count). The summed E-state index contributed by atoms with van der Waals surface area (Å²) in [6.07, 6.45) is 3.71. The average Bonchev–Trinajstić information content (AvgIpc) is 3.31. The van der Waals surface area contributed by atoms with Crippen molar-refractivity contribution in [3.05, 3.63) is 41.7 Å². The quantitative estimate of drug-likeness (QED) is 0.526. The van der Waals surface area contributed by atoms with Crippen LogP contribution in [0.2, 0.25) is 0 Å². The smallest absolute Gasteiger partial charge is 0.236 e. The zero-order chi connectivity index (χ0) is 19.9. The number of rotatable bonds is 8. The molecular weight excluding hydrogens is 416 g/mol. The lowest BCUT2D eigenvalue weighted by Gasteiger charge is -2.07. The Labute approximate surface area is 174 Å². The highest BCUT2D eigenvalue weighted by atomic mass is 32.2. The molecule has 0 unspecified atom stereocenters. The minimum absolute atomic E-state index is 0.0961. The maximum atomic E-state index is 12.3. The Hall–Kier alpha value is -2.37. The van der Waals surface area contributed by atoms with Gasteiger partial charge in [-0.2, -0.15) is 0 Å². The van der Waals surface area contributed by atoms with E-state index in [1.54, 1.807) is 35.0 Å². The largest absolute Gasteiger partial charge is 0.326 e. The minimum atomic E-state index is -0.174. The molecule has 28 heavy (non-hydrogen) atoms. The first-order valence-electron chi connectivity index (χ1n) is 8.19. The van der Waals surface area contributed by atoms with Crippen molar-refractivity contribution in [3.63, 3.8) is 0 Å². The summed E-state index contributed by atoms with van der Waals surface area (Å²) in [5, 5.41) is 16.6. The van der Waals surface area contributed by atoms with Gasteiger partial charge in [0.1, 0.15) is 5.82 Å². The summed E-state index contributed by atoms with van der Waals surface area (Å²) in [6.45, 7) is 0. The topological polar surface area (TPSA) is 102 Å². The van der Waals surface area contributed by atoms with Crippen LogP contribution in [0, 0.1) is 0 Å². The fourth-order valence-electron chi connectivity index (χ4n) is 2.24. The molecule has 3 aromatic rings. The van der Waals surface area contributed by atoms with Gasteiger partial charge in [0.15, 0.2) is 10.3 Å². The number of thioether (sulfide) groups is 2. The van der Waals surface area contributed by atoms with Crippen molar-refractivity contribution in [2.24, 2.45) is 7.05 Å². The average molecular weight is 435 g/mol. The van der Waals surface area contributed by atoms with Crippen LogP contribution in [0.1, 0.15) is 5.82 Å². The van der Waals surface area contributed by atoms with Gasteiger partial charge in [-0.3, -0.25) is 9.59 Å². The number of benzene rings is 1. The van der Waals surface area contributed by atoms with Gasteiger partial charge in [0, 0.05) is 29.2 Å². The first kappa shape index (κ1) is 20.4. The number of amides is 2. The second kappa shape index (κ2) is 9.71. The summed E-state index contributed by atoms with van der Waals surface area (Å²) in [5.41, 5.74) is 0.743. The fraction of sp³-hybridized carbons (Fsp3) is 0.235. The van der Waals surface area contributed by atoms with Gasteiger partial charge < -0.3 is 15.2 Å². The molecule has 8 nitrogen and oxygen atoms in total. The monoisotopic (exact) mass is 434 g/mol. The Morgan fingerprint density at radius 2 is 2.07 bits per heavy atom. The fourth-order valence-corrected chi connectivity index (χ4v) is 3.98. The summed E-state index contributed by atoms with van der Waals surface area (Å²) in [6, 6.07) is 7.64. The van der Waals surface area contributed by atoms with Crippen LogP contribution in [-0.2, 0) is 23.1 Å². The summed E-state index contributed by atoms with van der Waals surface area (Å²) in [5.74, 6) is 0.364. The summed E-state index contributed by atoms with van der Waals surface area (Å²) < 4.78 is 1.72. The van der Waals surface area contributed by atoms with E-state index < -0.39 is 0 Å². The highest BCUT2D eigenvalue weighted by Crippen LogP contribution is 2.20. The zero-order valence-corrected chi connectivity index (χ0v) is 17.7. The number of carbonyl (C=O) groups excluding carboxylic acids is 2. The Balaban J connectivity index is 1.53. The van der Waals surface area contributed by atoms with E-state index in [0.29, 0.717) is 16.1 Å². The van der Waals surface area contributed by atoms with Crippen molar-refractivity contribution in [1.82, 2.24) is 19.7 Å². The molecule has 0 atom stereocenters. The molecule has 0 radical (unpaired) electrons. The highest BCUT2D eigenvalue weighted by molar-refractivity contribution is 7.99. The van der Waals surface area contributed by atoms with Crippen LogP contribution in [-0.4, -0.2) is 43.6 Å². The number of thiazole rings is 1. The standard InChI is InChI=1S/C17H18N6O2S3/c1-23-13(9-14(24)19-11-4-3-5-12(8-11)26-2)21-22-17(23)28-10-15(25)20-16-18-6-7-27-16/h3-8H,9-10H2,1-2H3,(H,19,24)(H,18,20,25). The third-order valence-corrected chi connectivity index (χ3v) is 6.04. The zero-order valence-electron chi connectivity index (χ0n) is 15.2. The van der Waals surface area contributed by atoms with E-state index in [1.165, 1.54) is 23.1 Å². The molecule has 146 valence electrons. The SMILES string of the molecule is CSc1cccc(NC(=O)Cc2nnc(SCC(=O)Nc3nccs3)n2C)c1. The van der Waals surface area contributed by atoms with Gasteiger partial charge in [0.05, 0.1) is 12.2 Å². The molecular formula is C17H18N6O2S3. The van der Waals surface area contributed by atoms with E-state index in [9.17, 15) is 9.59 Å². The molecule has 2 amide bonds. The lowest BCUT2D eigenvalue weighted by molar-refractivity contribution is -0.116. The molecule has 0 aliphatic heterocycles. The predicted molar refractivity (Wildman–Crippen MR) is 113 cm³/mol. The van der Waals surface area contributed by atoms with E-state index in [-0.39, 0.29) is 24.0 Å².